The molecule has 1 aromatic heterocycles. The molecule has 0 bridgehead atoms. The molecule has 1 aliphatic heterocycles. The molecule has 2 aliphatic rings. The second-order valence-corrected chi connectivity index (χ2v) is 6.54. The highest BCUT2D eigenvalue weighted by Gasteiger charge is 2.24. The molecule has 0 spiro atoms. The van der Waals surface area contributed by atoms with E-state index in [1.807, 2.05) is 78.9 Å². The number of nitrogens with zero attached hydrogens (tertiary/aromatic N) is 1. The Kier molecular flexibility index (Phi) is 3.41. The van der Waals surface area contributed by atoms with Gasteiger partial charge in [0.25, 0.3) is 5.56 Å². The van der Waals surface area contributed by atoms with Crippen molar-refractivity contribution in [2.45, 2.75) is 0 Å². The summed E-state index contributed by atoms with van der Waals surface area (Å²) in [6.07, 6.45) is 0. The van der Waals surface area contributed by atoms with Crippen molar-refractivity contribution in [2.75, 3.05) is 0 Å². The highest BCUT2D eigenvalue weighted by atomic mass is 16.1. The maximum atomic E-state index is 13.6. The van der Waals surface area contributed by atoms with E-state index < -0.39 is 0 Å². The third-order valence-corrected chi connectivity index (χ3v) is 4.94. The summed E-state index contributed by atoms with van der Waals surface area (Å²) in [6, 6.07) is 28.2. The van der Waals surface area contributed by atoms with Gasteiger partial charge in [0, 0.05) is 17.0 Å². The van der Waals surface area contributed by atoms with Crippen molar-refractivity contribution in [1.82, 2.24) is 4.40 Å². The standard InChI is InChI=1S/C24H15NO2/c26-20-15-18-13-7-8-14-19-22(18)25(20)23(17-11-5-2-6-12-17)21(24(19)27)16-9-3-1-4-10-16/h1-15H. The van der Waals surface area contributed by atoms with E-state index in [9.17, 15) is 9.59 Å². The van der Waals surface area contributed by atoms with E-state index in [1.165, 1.54) is 0 Å². The third kappa shape index (κ3) is 2.29. The minimum Gasteiger partial charge on any atom is -0.288 e. The normalized spacial score (nSPS) is 11.3. The summed E-state index contributed by atoms with van der Waals surface area (Å²) in [6.45, 7) is 0. The molecule has 0 radical (unpaired) electrons. The summed E-state index contributed by atoms with van der Waals surface area (Å²) in [5, 5.41) is 0.552. The van der Waals surface area contributed by atoms with E-state index in [0.29, 0.717) is 22.3 Å². The van der Waals surface area contributed by atoms with Gasteiger partial charge in [0.15, 0.2) is 5.43 Å². The average molecular weight is 349 g/mol. The van der Waals surface area contributed by atoms with Crippen molar-refractivity contribution in [2.24, 2.45) is 0 Å². The van der Waals surface area contributed by atoms with Crippen LogP contribution < -0.4 is 11.0 Å². The van der Waals surface area contributed by atoms with Crippen molar-refractivity contribution in [3.63, 3.8) is 0 Å². The monoisotopic (exact) mass is 349 g/mol. The number of aromatic nitrogens is 1. The average Bonchev–Trinajstić information content (AvgIpc) is 2.89. The Morgan fingerprint density at radius 2 is 1.11 bits per heavy atom. The molecule has 3 aromatic rings. The zero-order valence-electron chi connectivity index (χ0n) is 14.4. The number of hydrogen-bond donors (Lipinski definition) is 0. The summed E-state index contributed by atoms with van der Waals surface area (Å²) >= 11 is 0. The van der Waals surface area contributed by atoms with Crippen LogP contribution in [0.1, 0.15) is 0 Å². The number of rotatable bonds is 2. The molecular weight excluding hydrogens is 334 g/mol. The second-order valence-electron chi connectivity index (χ2n) is 6.54. The van der Waals surface area contributed by atoms with Crippen LogP contribution in [0.25, 0.3) is 39.0 Å². The maximum Gasteiger partial charge on any atom is 0.256 e. The van der Waals surface area contributed by atoms with E-state index >= 15 is 0 Å². The Labute approximate surface area is 155 Å². The molecule has 1 aliphatic carbocycles. The molecular formula is C24H15NO2. The van der Waals surface area contributed by atoms with Crippen LogP contribution in [-0.4, -0.2) is 4.40 Å². The van der Waals surface area contributed by atoms with Crippen LogP contribution in [0.3, 0.4) is 0 Å². The number of benzene rings is 2. The quantitative estimate of drug-likeness (QED) is 0.469. The Morgan fingerprint density at radius 3 is 1.81 bits per heavy atom. The van der Waals surface area contributed by atoms with E-state index in [1.54, 1.807) is 16.5 Å². The van der Waals surface area contributed by atoms with Gasteiger partial charge < -0.3 is 0 Å². The lowest BCUT2D eigenvalue weighted by Gasteiger charge is -2.15. The van der Waals surface area contributed by atoms with Gasteiger partial charge in [-0.25, -0.2) is 0 Å². The summed E-state index contributed by atoms with van der Waals surface area (Å²) in [5.41, 5.74) is 4.10. The zero-order valence-corrected chi connectivity index (χ0v) is 14.4. The van der Waals surface area contributed by atoms with Gasteiger partial charge in [-0.3, -0.25) is 14.0 Å². The summed E-state index contributed by atoms with van der Waals surface area (Å²) in [5.74, 6) is 0. The molecule has 128 valence electrons. The molecule has 27 heavy (non-hydrogen) atoms. The van der Waals surface area contributed by atoms with Crippen molar-refractivity contribution >= 4 is 5.39 Å². The first kappa shape index (κ1) is 15.5. The Hall–Kier alpha value is -3.72. The lowest BCUT2D eigenvalue weighted by Crippen LogP contribution is -2.17. The van der Waals surface area contributed by atoms with Gasteiger partial charge in [0.05, 0.1) is 17.0 Å². The van der Waals surface area contributed by atoms with E-state index in [-0.39, 0.29) is 11.0 Å². The first-order chi connectivity index (χ1) is 13.3. The third-order valence-electron chi connectivity index (χ3n) is 4.94. The topological polar surface area (TPSA) is 38.5 Å². The van der Waals surface area contributed by atoms with Gasteiger partial charge >= 0.3 is 0 Å². The highest BCUT2D eigenvalue weighted by Crippen LogP contribution is 2.35. The summed E-state index contributed by atoms with van der Waals surface area (Å²) < 4.78 is 1.68. The second kappa shape index (κ2) is 5.92. The molecule has 0 saturated heterocycles. The molecule has 0 saturated carbocycles. The molecule has 3 heteroatoms. The van der Waals surface area contributed by atoms with Crippen LogP contribution in [0.2, 0.25) is 0 Å². The van der Waals surface area contributed by atoms with E-state index in [4.69, 9.17) is 0 Å². The molecule has 5 rings (SSSR count). The van der Waals surface area contributed by atoms with Crippen LogP contribution in [0.15, 0.2) is 101 Å². The van der Waals surface area contributed by atoms with Gasteiger partial charge in [-0.15, -0.1) is 0 Å². The lowest BCUT2D eigenvalue weighted by molar-refractivity contribution is 1.11. The Balaban J connectivity index is 2.08. The van der Waals surface area contributed by atoms with Gasteiger partial charge in [0.1, 0.15) is 0 Å². The van der Waals surface area contributed by atoms with Gasteiger partial charge in [-0.05, 0) is 17.2 Å². The number of pyridine rings is 1. The van der Waals surface area contributed by atoms with Gasteiger partial charge in [-0.2, -0.15) is 0 Å². The summed E-state index contributed by atoms with van der Waals surface area (Å²) in [4.78, 5) is 26.5. The molecule has 0 amide bonds. The molecule has 0 fully saturated rings. The molecule has 2 aromatic carbocycles. The Bertz CT molecular complexity index is 1340. The summed E-state index contributed by atoms with van der Waals surface area (Å²) in [7, 11) is 0. The fourth-order valence-corrected chi connectivity index (χ4v) is 3.80. The van der Waals surface area contributed by atoms with E-state index in [2.05, 4.69) is 0 Å². The number of hydrogen-bond acceptors (Lipinski definition) is 2. The first-order valence-electron chi connectivity index (χ1n) is 8.81. The maximum absolute atomic E-state index is 13.6. The van der Waals surface area contributed by atoms with E-state index in [0.717, 1.165) is 16.7 Å². The fourth-order valence-electron chi connectivity index (χ4n) is 3.80. The minimum atomic E-state index is -0.128. The van der Waals surface area contributed by atoms with Crippen LogP contribution >= 0.6 is 0 Å². The van der Waals surface area contributed by atoms with Crippen LogP contribution in [-0.2, 0) is 0 Å². The molecule has 0 atom stereocenters. The minimum absolute atomic E-state index is 0.0631. The van der Waals surface area contributed by atoms with Crippen molar-refractivity contribution in [3.8, 4) is 33.6 Å². The zero-order chi connectivity index (χ0) is 18.4. The predicted molar refractivity (Wildman–Crippen MR) is 109 cm³/mol. The van der Waals surface area contributed by atoms with Crippen molar-refractivity contribution < 1.29 is 0 Å². The van der Waals surface area contributed by atoms with Gasteiger partial charge in [0.2, 0.25) is 0 Å². The molecule has 0 N–H and O–H groups in total. The molecule has 2 heterocycles. The Morgan fingerprint density at radius 1 is 0.556 bits per heavy atom. The van der Waals surface area contributed by atoms with Crippen LogP contribution in [0.4, 0.5) is 0 Å². The SMILES string of the molecule is O=c1c(-c2ccccc2)c(-c2ccccc2)n2c3c1ccccc-3cc2=O. The van der Waals surface area contributed by atoms with Crippen molar-refractivity contribution in [3.05, 3.63) is 112 Å². The lowest BCUT2D eigenvalue weighted by atomic mass is 9.96. The molecule has 3 nitrogen and oxygen atoms in total. The van der Waals surface area contributed by atoms with Crippen molar-refractivity contribution in [1.29, 1.82) is 0 Å². The van der Waals surface area contributed by atoms with Gasteiger partial charge in [-0.1, -0.05) is 78.9 Å². The fraction of sp³-hybridized carbons (Fsp3) is 0. The largest absolute Gasteiger partial charge is 0.288 e. The van der Waals surface area contributed by atoms with Crippen LogP contribution in [0.5, 0.6) is 0 Å². The molecule has 0 unspecified atom stereocenters. The first-order valence-corrected chi connectivity index (χ1v) is 8.81. The van der Waals surface area contributed by atoms with Crippen LogP contribution in [0, 0.1) is 0 Å². The smallest absolute Gasteiger partial charge is 0.256 e. The highest BCUT2D eigenvalue weighted by molar-refractivity contribution is 5.92. The predicted octanol–water partition coefficient (Wildman–Crippen LogP) is 4.54.